The van der Waals surface area contributed by atoms with Gasteiger partial charge in [-0.25, -0.2) is 9.97 Å². The van der Waals surface area contributed by atoms with Crippen molar-refractivity contribution in [2.24, 2.45) is 0 Å². The molecule has 12 rings (SSSR count). The molecule has 12 aromatic rings. The van der Waals surface area contributed by atoms with Gasteiger partial charge in [-0.15, -0.1) is 53.6 Å². The molecule has 73 heavy (non-hydrogen) atoms. The molecule has 0 atom stereocenters. The average molecular weight is 1140 g/mol. The summed E-state index contributed by atoms with van der Waals surface area (Å²) in [7, 11) is 0. The molecule has 7 nitrogen and oxygen atoms in total. The molecule has 0 amide bonds. The van der Waals surface area contributed by atoms with Gasteiger partial charge in [0.05, 0.1) is 22.4 Å². The number of pyridine rings is 2. The Balaban J connectivity index is 0.000000331. The van der Waals surface area contributed by atoms with Gasteiger partial charge >= 0.3 is 0 Å². The van der Waals surface area contributed by atoms with Crippen LogP contribution >= 0.6 is 0 Å². The quantitative estimate of drug-likeness (QED) is 0.154. The van der Waals surface area contributed by atoms with Crippen molar-refractivity contribution in [3.63, 3.8) is 0 Å². The van der Waals surface area contributed by atoms with E-state index >= 15 is 0 Å². The van der Waals surface area contributed by atoms with Gasteiger partial charge < -0.3 is 18.4 Å². The second-order valence-electron chi connectivity index (χ2n) is 21.5. The maximum absolute atomic E-state index is 8.68. The van der Waals surface area contributed by atoms with Crippen LogP contribution in [-0.2, 0) is 30.9 Å². The number of benzene rings is 7. The molecular weight excluding hydrogens is 1070 g/mol. The molecule has 0 unspecified atom stereocenters. The number of aryl methyl sites for hydroxylation is 1. The Labute approximate surface area is 445 Å². The van der Waals surface area contributed by atoms with Crippen LogP contribution in [-0.4, -0.2) is 24.5 Å². The number of fused-ring (bicyclic) bond motifs is 9. The van der Waals surface area contributed by atoms with Crippen molar-refractivity contribution in [2.45, 2.75) is 98.8 Å². The van der Waals surface area contributed by atoms with Crippen molar-refractivity contribution in [2.75, 3.05) is 0 Å². The number of furan rings is 1. The first-order valence-electron chi connectivity index (χ1n) is 26.3. The van der Waals surface area contributed by atoms with E-state index in [0.29, 0.717) is 56.0 Å². The summed E-state index contributed by atoms with van der Waals surface area (Å²) in [5.41, 5.74) is 13.8. The van der Waals surface area contributed by atoms with E-state index in [4.69, 9.17) is 27.9 Å². The van der Waals surface area contributed by atoms with Crippen molar-refractivity contribution in [1.82, 2.24) is 24.5 Å². The summed E-state index contributed by atoms with van der Waals surface area (Å²) in [6.07, 6.45) is 1.87. The monoisotopic (exact) mass is 1140 g/mol. The van der Waals surface area contributed by atoms with Crippen molar-refractivity contribution < 1.29 is 33.1 Å². The fourth-order valence-corrected chi connectivity index (χ4v) is 9.78. The van der Waals surface area contributed by atoms with Crippen LogP contribution in [0.4, 0.5) is 0 Å². The molecule has 1 radical (unpaired) electrons. The van der Waals surface area contributed by atoms with Gasteiger partial charge in [0.1, 0.15) is 11.0 Å². The Morgan fingerprint density at radius 3 is 2.04 bits per heavy atom. The van der Waals surface area contributed by atoms with Gasteiger partial charge in [0.25, 0.3) is 0 Å². The zero-order valence-electron chi connectivity index (χ0n) is 45.9. The zero-order chi connectivity index (χ0) is 52.7. The Kier molecular flexibility index (Phi) is 11.9. The predicted octanol–water partition coefficient (Wildman–Crippen LogP) is 17.6. The molecule has 0 saturated heterocycles. The van der Waals surface area contributed by atoms with Gasteiger partial charge in [-0.2, -0.15) is 0 Å². The van der Waals surface area contributed by atoms with Crippen LogP contribution in [0.15, 0.2) is 155 Å². The third kappa shape index (κ3) is 8.95. The molecule has 0 aliphatic carbocycles. The van der Waals surface area contributed by atoms with Gasteiger partial charge in [0.15, 0.2) is 5.58 Å². The first-order chi connectivity index (χ1) is 35.7. The van der Waals surface area contributed by atoms with Crippen molar-refractivity contribution in [3.8, 4) is 39.5 Å². The SMILES string of the molecule is CC(C)(C)c1ccnc(-c2[c-]cccc2)c1.[2H]C([2H])([2H])c1c[c-]c(-c2nc3ccc4ccccc4c3n2-c2c(C(C)C)cc(-c3ccccc3)cc2C(C)C)c2oc3nc4c(ccc5nc(C(C)(C)C)oc54)cc3c12.[Ir]. The number of hydrogen-bond donors (Lipinski definition) is 0. The van der Waals surface area contributed by atoms with Crippen LogP contribution in [0.1, 0.15) is 113 Å². The van der Waals surface area contributed by atoms with Gasteiger partial charge in [0, 0.05) is 57.7 Å². The molecule has 7 aromatic carbocycles. The molecule has 0 aliphatic heterocycles. The van der Waals surface area contributed by atoms with Gasteiger partial charge in [0.2, 0.25) is 11.6 Å². The van der Waals surface area contributed by atoms with E-state index in [2.05, 4.69) is 176 Å². The number of oxazole rings is 1. The van der Waals surface area contributed by atoms with E-state index in [1.165, 1.54) is 16.7 Å². The molecule has 0 saturated carbocycles. The van der Waals surface area contributed by atoms with E-state index in [1.807, 2.05) is 54.7 Å². The fourth-order valence-electron chi connectivity index (χ4n) is 9.78. The minimum Gasteiger partial charge on any atom is -0.486 e. The number of imidazole rings is 1. The summed E-state index contributed by atoms with van der Waals surface area (Å²) in [4.78, 5) is 19.6. The Morgan fingerprint density at radius 1 is 0.630 bits per heavy atom. The molecule has 0 aliphatic rings. The predicted molar refractivity (Wildman–Crippen MR) is 297 cm³/mol. The fraction of sp³-hybridized carbons (Fsp3) is 0.231. The van der Waals surface area contributed by atoms with E-state index in [9.17, 15) is 0 Å². The molecule has 8 heteroatoms. The Bertz CT molecular complexity index is 4110. The summed E-state index contributed by atoms with van der Waals surface area (Å²) >= 11 is 0. The van der Waals surface area contributed by atoms with E-state index in [-0.39, 0.29) is 48.3 Å². The summed E-state index contributed by atoms with van der Waals surface area (Å²) in [6, 6.07) is 53.9. The van der Waals surface area contributed by atoms with Crippen molar-refractivity contribution >= 4 is 65.9 Å². The first kappa shape index (κ1) is 45.6. The summed E-state index contributed by atoms with van der Waals surface area (Å²) in [5.74, 6) is 1.49. The molecule has 0 spiro atoms. The standard InChI is InChI=1S/C50H43N4O2.C15H16N.Ir/c1-27(2)36-25-33(30-14-10-9-11-15-30)26-37(28(3)4)43(36)54-44-34-17-13-12-16-31(34)19-22-39(44)51-47(54)35-21-18-29(5)41-38-24-32-20-23-40-46(56-49(52-40)50(6,7)8)42(32)53-48(38)55-45(35)41;1-15(2,3)13-9-10-16-14(11-13)12-7-5-4-6-8-12;/h9-20,22-28H,1-8H3;4-7,9-11H,1-3H3;/q2*-1;/i5D3;;. The minimum absolute atomic E-state index is 0. The van der Waals surface area contributed by atoms with E-state index < -0.39 is 6.85 Å². The first-order valence-corrected chi connectivity index (χ1v) is 24.8. The average Bonchev–Trinajstić information content (AvgIpc) is 4.12. The Hall–Kier alpha value is -7.25. The summed E-state index contributed by atoms with van der Waals surface area (Å²) in [6.45, 7) is 19.3. The number of nitrogens with zero attached hydrogens (tertiary/aromatic N) is 5. The number of hydrogen-bond acceptors (Lipinski definition) is 6. The van der Waals surface area contributed by atoms with Crippen LogP contribution < -0.4 is 0 Å². The molecule has 0 N–H and O–H groups in total. The number of aromatic nitrogens is 5. The smallest absolute Gasteiger partial charge is 0.216 e. The van der Waals surface area contributed by atoms with Gasteiger partial charge in [-0.3, -0.25) is 4.98 Å². The molecule has 367 valence electrons. The second kappa shape index (κ2) is 19.0. The van der Waals surface area contributed by atoms with Crippen molar-refractivity contribution in [3.05, 3.63) is 186 Å². The zero-order valence-corrected chi connectivity index (χ0v) is 45.3. The number of rotatable bonds is 6. The summed E-state index contributed by atoms with van der Waals surface area (Å²) < 4.78 is 41.5. The molecular formula is C65H59IrN5O2-2. The topological polar surface area (TPSA) is 82.8 Å². The van der Waals surface area contributed by atoms with Gasteiger partial charge in [-0.05, 0) is 92.5 Å². The third-order valence-corrected chi connectivity index (χ3v) is 13.6. The summed E-state index contributed by atoms with van der Waals surface area (Å²) in [5, 5.41) is 3.99. The maximum atomic E-state index is 8.68. The third-order valence-electron chi connectivity index (χ3n) is 13.6. The molecule has 0 bridgehead atoms. The van der Waals surface area contributed by atoms with E-state index in [0.717, 1.165) is 55.3 Å². The Morgan fingerprint density at radius 2 is 1.34 bits per heavy atom. The van der Waals surface area contributed by atoms with Crippen LogP contribution in [0, 0.1) is 19.0 Å². The van der Waals surface area contributed by atoms with Crippen LogP contribution in [0.2, 0.25) is 0 Å². The van der Waals surface area contributed by atoms with Crippen LogP contribution in [0.5, 0.6) is 0 Å². The molecule has 5 aromatic heterocycles. The normalized spacial score (nSPS) is 13.0. The molecule has 5 heterocycles. The van der Waals surface area contributed by atoms with Gasteiger partial charge in [-0.1, -0.05) is 160 Å². The molecule has 0 fully saturated rings. The minimum atomic E-state index is -2.46. The van der Waals surface area contributed by atoms with E-state index in [1.54, 1.807) is 6.07 Å². The second-order valence-corrected chi connectivity index (χ2v) is 21.5. The van der Waals surface area contributed by atoms with Crippen LogP contribution in [0.25, 0.3) is 105 Å². The van der Waals surface area contributed by atoms with Crippen molar-refractivity contribution in [1.29, 1.82) is 0 Å². The maximum Gasteiger partial charge on any atom is 0.216 e. The largest absolute Gasteiger partial charge is 0.486 e. The van der Waals surface area contributed by atoms with Crippen LogP contribution in [0.3, 0.4) is 0 Å².